The Bertz CT molecular complexity index is 1790. The van der Waals surface area contributed by atoms with Crippen LogP contribution in [0.5, 0.6) is 0 Å². The summed E-state index contributed by atoms with van der Waals surface area (Å²) in [6.07, 6.45) is 7.40. The van der Waals surface area contributed by atoms with Crippen LogP contribution in [-0.4, -0.2) is 41.0 Å². The maximum atomic E-state index is 15.2. The van der Waals surface area contributed by atoms with Crippen LogP contribution < -0.4 is 0 Å². The second kappa shape index (κ2) is 15.8. The highest BCUT2D eigenvalue weighted by molar-refractivity contribution is 5.89. The van der Waals surface area contributed by atoms with Gasteiger partial charge in [-0.2, -0.15) is 39.5 Å². The van der Waals surface area contributed by atoms with E-state index in [4.69, 9.17) is 4.74 Å². The number of aromatic nitrogens is 1. The molecule has 3 fully saturated rings. The summed E-state index contributed by atoms with van der Waals surface area (Å²) in [5.74, 6) is -16.1. The SMILES string of the molecule is CC(C)CCCC(C)C1CCC2C3CC=C4CC(OC(=O)c5ccc(C(C)(CC(F)(F)C(F)(F)C(F)(F)C(F)(F)F)c6ccncc6)cc5)CCC4(C)C3CCC12C. The highest BCUT2D eigenvalue weighted by atomic mass is 19.4. The number of fused-ring (bicyclic) bond motifs is 5. The number of esters is 1. The number of carbonyl (C=O) groups is 1. The van der Waals surface area contributed by atoms with Gasteiger partial charge in [0, 0.05) is 30.7 Å². The average molecular weight is 828 g/mol. The molecular formula is C46H58F9NO2. The molecule has 58 heavy (non-hydrogen) atoms. The lowest BCUT2D eigenvalue weighted by atomic mass is 9.47. The average Bonchev–Trinajstić information content (AvgIpc) is 3.51. The third kappa shape index (κ3) is 7.73. The van der Waals surface area contributed by atoms with E-state index in [1.54, 1.807) is 0 Å². The maximum absolute atomic E-state index is 15.2. The van der Waals surface area contributed by atoms with Gasteiger partial charge < -0.3 is 4.74 Å². The molecule has 0 amide bonds. The first kappa shape index (κ1) is 44.5. The van der Waals surface area contributed by atoms with Crippen LogP contribution >= 0.6 is 0 Å². The fourth-order valence-electron chi connectivity index (χ4n) is 12.0. The Morgan fingerprint density at radius 3 is 2.07 bits per heavy atom. The molecule has 9 atom stereocenters. The smallest absolute Gasteiger partial charge is 0.458 e. The molecule has 322 valence electrons. The van der Waals surface area contributed by atoms with Crippen LogP contribution in [-0.2, 0) is 10.2 Å². The van der Waals surface area contributed by atoms with E-state index < -0.39 is 47.9 Å². The second-order valence-corrected chi connectivity index (χ2v) is 19.2. The van der Waals surface area contributed by atoms with E-state index in [1.165, 1.54) is 86.9 Å². The lowest BCUT2D eigenvalue weighted by Gasteiger charge is -2.58. The van der Waals surface area contributed by atoms with Crippen molar-refractivity contribution in [3.8, 4) is 0 Å². The Kier molecular flexibility index (Phi) is 12.1. The molecule has 6 rings (SSSR count). The summed E-state index contributed by atoms with van der Waals surface area (Å²) >= 11 is 0. The highest BCUT2D eigenvalue weighted by Gasteiger charge is 2.82. The van der Waals surface area contributed by atoms with Crippen LogP contribution in [0.2, 0.25) is 0 Å². The zero-order chi connectivity index (χ0) is 42.7. The van der Waals surface area contributed by atoms with E-state index >= 15 is 8.78 Å². The molecule has 0 saturated heterocycles. The van der Waals surface area contributed by atoms with Crippen LogP contribution in [0.25, 0.3) is 0 Å². The van der Waals surface area contributed by atoms with Crippen molar-refractivity contribution in [3.05, 3.63) is 77.1 Å². The molecule has 3 saturated carbocycles. The van der Waals surface area contributed by atoms with Crippen molar-refractivity contribution >= 4 is 5.97 Å². The molecule has 4 aliphatic carbocycles. The Morgan fingerprint density at radius 1 is 0.810 bits per heavy atom. The predicted molar refractivity (Wildman–Crippen MR) is 205 cm³/mol. The van der Waals surface area contributed by atoms with Crippen LogP contribution in [0.1, 0.15) is 140 Å². The molecule has 1 aromatic heterocycles. The van der Waals surface area contributed by atoms with E-state index in [1.807, 2.05) is 0 Å². The number of rotatable bonds is 13. The lowest BCUT2D eigenvalue weighted by Crippen LogP contribution is -2.62. The third-order valence-corrected chi connectivity index (χ3v) is 15.4. The fraction of sp³-hybridized carbons (Fsp3) is 0.696. The summed E-state index contributed by atoms with van der Waals surface area (Å²) in [6.45, 7) is 13.1. The molecule has 0 spiro atoms. The van der Waals surface area contributed by atoms with Gasteiger partial charge in [-0.25, -0.2) is 4.79 Å². The van der Waals surface area contributed by atoms with Crippen LogP contribution in [0.3, 0.4) is 0 Å². The van der Waals surface area contributed by atoms with Crippen LogP contribution in [0.4, 0.5) is 39.5 Å². The molecule has 2 aromatic rings. The molecule has 1 heterocycles. The standard InChI is InChI=1S/C46H58F9NO2/c1-28(2)8-7-9-29(3)36-16-17-37-35-15-14-33-26-34(18-22-40(33,4)38(35)19-23-41(36,37)5)58-39(57)30-10-12-31(13-11-30)42(6,32-20-24-56-25-21-32)27-43(47,48)44(49,50)45(51,52)46(53,54)55/h10-14,20-21,24-25,28-29,34-38H,7-9,15-19,22-23,26-27H2,1-6H3. The molecule has 9 unspecified atom stereocenters. The van der Waals surface area contributed by atoms with Crippen molar-refractivity contribution in [1.29, 1.82) is 0 Å². The van der Waals surface area contributed by atoms with Gasteiger partial charge in [-0.05, 0) is 127 Å². The number of ether oxygens (including phenoxy) is 1. The van der Waals surface area contributed by atoms with Crippen molar-refractivity contribution < 1.29 is 49.0 Å². The van der Waals surface area contributed by atoms with Crippen molar-refractivity contribution in [2.24, 2.45) is 46.3 Å². The van der Waals surface area contributed by atoms with Crippen molar-refractivity contribution in [3.63, 3.8) is 0 Å². The molecule has 0 bridgehead atoms. The summed E-state index contributed by atoms with van der Waals surface area (Å²) < 4.78 is 132. The first-order chi connectivity index (χ1) is 26.9. The fourth-order valence-corrected chi connectivity index (χ4v) is 12.0. The Hall–Kier alpha value is -3.05. The van der Waals surface area contributed by atoms with Gasteiger partial charge >= 0.3 is 29.9 Å². The van der Waals surface area contributed by atoms with E-state index in [0.717, 1.165) is 49.9 Å². The number of nitrogens with zero attached hydrogens (tertiary/aromatic N) is 1. The monoisotopic (exact) mass is 827 g/mol. The normalized spacial score (nSPS) is 30.8. The van der Waals surface area contributed by atoms with E-state index in [2.05, 4.69) is 45.7 Å². The predicted octanol–water partition coefficient (Wildman–Crippen LogP) is 13.8. The Labute approximate surface area is 337 Å². The van der Waals surface area contributed by atoms with E-state index in [9.17, 15) is 35.5 Å². The highest BCUT2D eigenvalue weighted by Crippen LogP contribution is 2.67. The molecule has 0 radical (unpaired) electrons. The molecular weight excluding hydrogens is 769 g/mol. The number of allylic oxidation sites excluding steroid dienone is 1. The lowest BCUT2D eigenvalue weighted by molar-refractivity contribution is -0.397. The summed E-state index contributed by atoms with van der Waals surface area (Å²) in [4.78, 5) is 17.2. The molecule has 4 aliphatic rings. The minimum atomic E-state index is -7.01. The number of benzene rings is 1. The summed E-state index contributed by atoms with van der Waals surface area (Å²) in [5, 5.41) is 0. The molecule has 0 N–H and O–H groups in total. The van der Waals surface area contributed by atoms with E-state index in [0.29, 0.717) is 36.0 Å². The first-order valence-electron chi connectivity index (χ1n) is 21.0. The van der Waals surface area contributed by atoms with Gasteiger partial charge in [-0.3, -0.25) is 4.98 Å². The van der Waals surface area contributed by atoms with Gasteiger partial charge in [-0.1, -0.05) is 84.6 Å². The molecule has 12 heteroatoms. The summed E-state index contributed by atoms with van der Waals surface area (Å²) in [7, 11) is 0. The number of pyridine rings is 1. The number of hydrogen-bond donors (Lipinski definition) is 0. The number of halogens is 9. The Balaban J connectivity index is 1.14. The topological polar surface area (TPSA) is 39.2 Å². The number of alkyl halides is 9. The minimum absolute atomic E-state index is 0.0239. The van der Waals surface area contributed by atoms with Crippen molar-refractivity contribution in [2.75, 3.05) is 0 Å². The van der Waals surface area contributed by atoms with Gasteiger partial charge in [0.25, 0.3) is 0 Å². The maximum Gasteiger partial charge on any atom is 0.460 e. The summed E-state index contributed by atoms with van der Waals surface area (Å²) in [6, 6.07) is 7.29. The molecule has 1 aromatic carbocycles. The second-order valence-electron chi connectivity index (χ2n) is 19.2. The van der Waals surface area contributed by atoms with Gasteiger partial charge in [0.15, 0.2) is 0 Å². The van der Waals surface area contributed by atoms with Gasteiger partial charge in [0.1, 0.15) is 6.10 Å². The zero-order valence-electron chi connectivity index (χ0n) is 34.4. The first-order valence-corrected chi connectivity index (χ1v) is 21.0. The quantitative estimate of drug-likeness (QED) is 0.115. The third-order valence-electron chi connectivity index (χ3n) is 15.4. The largest absolute Gasteiger partial charge is 0.460 e. The van der Waals surface area contributed by atoms with Gasteiger partial charge in [0.05, 0.1) is 5.56 Å². The molecule has 3 nitrogen and oxygen atoms in total. The molecule has 0 aliphatic heterocycles. The van der Waals surface area contributed by atoms with Crippen molar-refractivity contribution in [2.45, 2.75) is 154 Å². The van der Waals surface area contributed by atoms with Crippen molar-refractivity contribution in [1.82, 2.24) is 4.98 Å². The summed E-state index contributed by atoms with van der Waals surface area (Å²) in [5.41, 5.74) is -0.639. The van der Waals surface area contributed by atoms with Gasteiger partial charge in [0.2, 0.25) is 0 Å². The number of hydrogen-bond acceptors (Lipinski definition) is 3. The van der Waals surface area contributed by atoms with Gasteiger partial charge in [-0.15, -0.1) is 0 Å². The van der Waals surface area contributed by atoms with Crippen LogP contribution in [0.15, 0.2) is 60.4 Å². The zero-order valence-corrected chi connectivity index (χ0v) is 34.4. The minimum Gasteiger partial charge on any atom is -0.458 e. The number of carbonyl (C=O) groups excluding carboxylic acids is 1. The van der Waals surface area contributed by atoms with E-state index in [-0.39, 0.29) is 22.1 Å². The van der Waals surface area contributed by atoms with Crippen LogP contribution in [0, 0.1) is 46.3 Å². The Morgan fingerprint density at radius 2 is 1.45 bits per heavy atom.